The highest BCUT2D eigenvalue weighted by Crippen LogP contribution is 2.23. The SMILES string of the molecule is Cc1nn(Cc2ccc(C(=O)N3CCCN(Cc4ccc(F)cc4)CC3)cc2)c(C)c1[N+](=O)[O-]. The van der Waals surface area contributed by atoms with Crippen LogP contribution >= 0.6 is 0 Å². The van der Waals surface area contributed by atoms with E-state index in [4.69, 9.17) is 0 Å². The van der Waals surface area contributed by atoms with E-state index in [-0.39, 0.29) is 17.4 Å². The number of carbonyl (C=O) groups excluding carboxylic acids is 1. The number of aromatic nitrogens is 2. The number of hydrogen-bond acceptors (Lipinski definition) is 5. The Morgan fingerprint density at radius 3 is 2.26 bits per heavy atom. The molecule has 1 aliphatic rings. The summed E-state index contributed by atoms with van der Waals surface area (Å²) in [6, 6.07) is 13.9. The topological polar surface area (TPSA) is 84.5 Å². The van der Waals surface area contributed by atoms with E-state index in [0.29, 0.717) is 36.6 Å². The maximum Gasteiger partial charge on any atom is 0.312 e. The summed E-state index contributed by atoms with van der Waals surface area (Å²) in [5.74, 6) is -0.240. The fourth-order valence-corrected chi connectivity index (χ4v) is 4.39. The van der Waals surface area contributed by atoms with Crippen molar-refractivity contribution in [2.45, 2.75) is 33.4 Å². The first kappa shape index (κ1) is 23.6. The fourth-order valence-electron chi connectivity index (χ4n) is 4.39. The molecule has 3 aromatic rings. The number of benzene rings is 2. The lowest BCUT2D eigenvalue weighted by Gasteiger charge is -2.22. The van der Waals surface area contributed by atoms with Crippen molar-refractivity contribution in [3.63, 3.8) is 0 Å². The van der Waals surface area contributed by atoms with Gasteiger partial charge < -0.3 is 4.90 Å². The van der Waals surface area contributed by atoms with Crippen molar-refractivity contribution < 1.29 is 14.1 Å². The molecule has 0 saturated carbocycles. The van der Waals surface area contributed by atoms with Crippen LogP contribution in [0.2, 0.25) is 0 Å². The molecule has 0 bridgehead atoms. The average molecular weight is 466 g/mol. The summed E-state index contributed by atoms with van der Waals surface area (Å²) in [7, 11) is 0. The highest BCUT2D eigenvalue weighted by molar-refractivity contribution is 5.94. The standard InChI is InChI=1S/C25H28FN5O3/c1-18-24(31(33)34)19(2)30(27-18)17-21-4-8-22(9-5-21)25(32)29-13-3-12-28(14-15-29)16-20-6-10-23(26)11-7-20/h4-11H,3,12-17H2,1-2H3. The van der Waals surface area contributed by atoms with Gasteiger partial charge in [-0.05, 0) is 55.7 Å². The molecule has 0 unspecified atom stereocenters. The van der Waals surface area contributed by atoms with E-state index in [1.165, 1.54) is 12.1 Å². The molecule has 178 valence electrons. The second-order valence-electron chi connectivity index (χ2n) is 8.68. The van der Waals surface area contributed by atoms with Crippen molar-refractivity contribution in [2.24, 2.45) is 0 Å². The number of halogens is 1. The van der Waals surface area contributed by atoms with Crippen LogP contribution in [0, 0.1) is 29.8 Å². The number of hydrogen-bond donors (Lipinski definition) is 0. The molecule has 1 aromatic heterocycles. The lowest BCUT2D eigenvalue weighted by molar-refractivity contribution is -0.386. The van der Waals surface area contributed by atoms with Crippen LogP contribution in [-0.4, -0.2) is 56.6 Å². The summed E-state index contributed by atoms with van der Waals surface area (Å²) in [5.41, 5.74) is 3.54. The smallest absolute Gasteiger partial charge is 0.312 e. The second-order valence-corrected chi connectivity index (χ2v) is 8.68. The van der Waals surface area contributed by atoms with Crippen molar-refractivity contribution >= 4 is 11.6 Å². The number of rotatable bonds is 6. The van der Waals surface area contributed by atoms with Crippen LogP contribution in [-0.2, 0) is 13.1 Å². The van der Waals surface area contributed by atoms with E-state index in [0.717, 1.165) is 37.2 Å². The summed E-state index contributed by atoms with van der Waals surface area (Å²) in [6.07, 6.45) is 0.877. The summed E-state index contributed by atoms with van der Waals surface area (Å²) < 4.78 is 14.8. The lowest BCUT2D eigenvalue weighted by Crippen LogP contribution is -2.35. The van der Waals surface area contributed by atoms with E-state index in [1.807, 2.05) is 17.0 Å². The Kier molecular flexibility index (Phi) is 7.02. The van der Waals surface area contributed by atoms with E-state index in [9.17, 15) is 19.3 Å². The Hall–Kier alpha value is -3.59. The maximum atomic E-state index is 13.1. The third kappa shape index (κ3) is 5.31. The van der Waals surface area contributed by atoms with Gasteiger partial charge in [0.15, 0.2) is 0 Å². The molecule has 8 nitrogen and oxygen atoms in total. The van der Waals surface area contributed by atoms with Gasteiger partial charge in [-0.15, -0.1) is 0 Å². The van der Waals surface area contributed by atoms with Crippen molar-refractivity contribution in [2.75, 3.05) is 26.2 Å². The average Bonchev–Trinajstić information content (AvgIpc) is 2.96. The van der Waals surface area contributed by atoms with Crippen molar-refractivity contribution in [3.8, 4) is 0 Å². The number of nitrogens with zero attached hydrogens (tertiary/aromatic N) is 5. The van der Waals surface area contributed by atoms with Crippen LogP contribution in [0.25, 0.3) is 0 Å². The molecular formula is C25H28FN5O3. The zero-order valence-corrected chi connectivity index (χ0v) is 19.4. The Labute approximate surface area is 197 Å². The number of nitro groups is 1. The molecule has 1 saturated heterocycles. The van der Waals surface area contributed by atoms with E-state index in [1.54, 1.807) is 42.8 Å². The third-order valence-electron chi connectivity index (χ3n) is 6.25. The van der Waals surface area contributed by atoms with Gasteiger partial charge in [0, 0.05) is 38.3 Å². The van der Waals surface area contributed by atoms with Crippen LogP contribution < -0.4 is 0 Å². The first-order valence-electron chi connectivity index (χ1n) is 11.3. The van der Waals surface area contributed by atoms with E-state index >= 15 is 0 Å². The molecular weight excluding hydrogens is 437 g/mol. The summed E-state index contributed by atoms with van der Waals surface area (Å²) in [5, 5.41) is 15.5. The van der Waals surface area contributed by atoms with Crippen LogP contribution in [0.5, 0.6) is 0 Å². The maximum absolute atomic E-state index is 13.1. The van der Waals surface area contributed by atoms with Gasteiger partial charge in [0.2, 0.25) is 0 Å². The van der Waals surface area contributed by atoms with Gasteiger partial charge >= 0.3 is 5.69 Å². The Morgan fingerprint density at radius 2 is 1.62 bits per heavy atom. The van der Waals surface area contributed by atoms with Gasteiger partial charge in [-0.1, -0.05) is 24.3 Å². The van der Waals surface area contributed by atoms with Crippen molar-refractivity contribution in [1.82, 2.24) is 19.6 Å². The number of aryl methyl sites for hydroxylation is 1. The first-order valence-corrected chi connectivity index (χ1v) is 11.3. The van der Waals surface area contributed by atoms with E-state index < -0.39 is 4.92 Å². The van der Waals surface area contributed by atoms with E-state index in [2.05, 4.69) is 10.00 Å². The highest BCUT2D eigenvalue weighted by Gasteiger charge is 2.23. The van der Waals surface area contributed by atoms with Crippen molar-refractivity contribution in [3.05, 3.63) is 92.5 Å². The molecule has 1 aliphatic heterocycles. The minimum absolute atomic E-state index is 0.00284. The quantitative estimate of drug-likeness (QED) is 0.407. The second kappa shape index (κ2) is 10.1. The predicted molar refractivity (Wildman–Crippen MR) is 126 cm³/mol. The van der Waals surface area contributed by atoms with Crippen LogP contribution in [0.3, 0.4) is 0 Å². The Bertz CT molecular complexity index is 1170. The minimum atomic E-state index is -0.405. The monoisotopic (exact) mass is 465 g/mol. The molecule has 0 aliphatic carbocycles. The van der Waals surface area contributed by atoms with Crippen LogP contribution in [0.15, 0.2) is 48.5 Å². The molecule has 1 amide bonds. The zero-order valence-electron chi connectivity index (χ0n) is 19.4. The minimum Gasteiger partial charge on any atom is -0.337 e. The molecule has 2 aromatic carbocycles. The fraction of sp³-hybridized carbons (Fsp3) is 0.360. The van der Waals surface area contributed by atoms with Crippen LogP contribution in [0.4, 0.5) is 10.1 Å². The molecule has 1 fully saturated rings. The number of carbonyl (C=O) groups is 1. The first-order chi connectivity index (χ1) is 16.3. The molecule has 0 atom stereocenters. The zero-order chi connectivity index (χ0) is 24.2. The van der Waals surface area contributed by atoms with Crippen LogP contribution in [0.1, 0.15) is 39.3 Å². The molecule has 2 heterocycles. The van der Waals surface area contributed by atoms with Gasteiger partial charge in [-0.3, -0.25) is 24.5 Å². The summed E-state index contributed by atoms with van der Waals surface area (Å²) in [6.45, 7) is 7.43. The Balaban J connectivity index is 1.36. The van der Waals surface area contributed by atoms with Crippen molar-refractivity contribution in [1.29, 1.82) is 0 Å². The van der Waals surface area contributed by atoms with Gasteiger partial charge in [0.25, 0.3) is 5.91 Å². The summed E-state index contributed by atoms with van der Waals surface area (Å²) >= 11 is 0. The van der Waals surface area contributed by atoms with Gasteiger partial charge in [-0.2, -0.15) is 5.10 Å². The van der Waals surface area contributed by atoms with Gasteiger partial charge in [0.05, 0.1) is 11.5 Å². The highest BCUT2D eigenvalue weighted by atomic mass is 19.1. The largest absolute Gasteiger partial charge is 0.337 e. The molecule has 34 heavy (non-hydrogen) atoms. The molecule has 0 radical (unpaired) electrons. The normalized spacial score (nSPS) is 14.7. The lowest BCUT2D eigenvalue weighted by atomic mass is 10.1. The molecule has 0 N–H and O–H groups in total. The Morgan fingerprint density at radius 1 is 0.971 bits per heavy atom. The molecule has 9 heteroatoms. The van der Waals surface area contributed by atoms with Gasteiger partial charge in [-0.25, -0.2) is 4.39 Å². The third-order valence-corrected chi connectivity index (χ3v) is 6.25. The van der Waals surface area contributed by atoms with Gasteiger partial charge in [0.1, 0.15) is 17.2 Å². The summed E-state index contributed by atoms with van der Waals surface area (Å²) in [4.78, 5) is 28.1. The molecule has 0 spiro atoms. The molecule has 4 rings (SSSR count). The number of amides is 1. The predicted octanol–water partition coefficient (Wildman–Crippen LogP) is 3.94.